The zero-order valence-corrected chi connectivity index (χ0v) is 17.7. The number of para-hydroxylation sites is 1. The largest absolute Gasteiger partial charge is 0.491 e. The highest BCUT2D eigenvalue weighted by Gasteiger charge is 2.20. The Morgan fingerprint density at radius 1 is 0.867 bits per heavy atom. The zero-order valence-electron chi connectivity index (χ0n) is 17.7. The third-order valence-electron chi connectivity index (χ3n) is 5.92. The summed E-state index contributed by atoms with van der Waals surface area (Å²) in [5.74, 6) is 1.69. The maximum atomic E-state index is 10.4. The SMILES string of the molecule is OC(COc1ccccc1CN1CCN(c2ncccn2)CC1)CN1CCCCC1. The Hall–Kier alpha value is -2.22. The van der Waals surface area contributed by atoms with E-state index >= 15 is 0 Å². The van der Waals surface area contributed by atoms with Gasteiger partial charge in [0.15, 0.2) is 0 Å². The molecule has 2 aliphatic rings. The van der Waals surface area contributed by atoms with Gasteiger partial charge < -0.3 is 19.6 Å². The van der Waals surface area contributed by atoms with Gasteiger partial charge in [-0.25, -0.2) is 9.97 Å². The highest BCUT2D eigenvalue weighted by Crippen LogP contribution is 2.21. The van der Waals surface area contributed by atoms with E-state index in [4.69, 9.17) is 4.74 Å². The Morgan fingerprint density at radius 3 is 2.37 bits per heavy atom. The first-order valence-electron chi connectivity index (χ1n) is 11.1. The molecule has 2 saturated heterocycles. The van der Waals surface area contributed by atoms with Crippen LogP contribution >= 0.6 is 0 Å². The van der Waals surface area contributed by atoms with Gasteiger partial charge in [0, 0.05) is 57.2 Å². The van der Waals surface area contributed by atoms with Crippen molar-refractivity contribution in [3.8, 4) is 5.75 Å². The van der Waals surface area contributed by atoms with E-state index < -0.39 is 6.10 Å². The molecule has 7 heteroatoms. The molecule has 162 valence electrons. The maximum Gasteiger partial charge on any atom is 0.225 e. The molecule has 0 spiro atoms. The number of piperidine rings is 1. The molecule has 1 aromatic heterocycles. The minimum Gasteiger partial charge on any atom is -0.491 e. The maximum absolute atomic E-state index is 10.4. The highest BCUT2D eigenvalue weighted by molar-refractivity contribution is 5.34. The minimum absolute atomic E-state index is 0.340. The molecule has 7 nitrogen and oxygen atoms in total. The minimum atomic E-state index is -0.453. The topological polar surface area (TPSA) is 65.0 Å². The Labute approximate surface area is 179 Å². The number of ether oxygens (including phenoxy) is 1. The third-order valence-corrected chi connectivity index (χ3v) is 5.92. The number of aromatic nitrogens is 2. The van der Waals surface area contributed by atoms with Crippen LogP contribution in [0.15, 0.2) is 42.7 Å². The molecular formula is C23H33N5O2. The van der Waals surface area contributed by atoms with Crippen molar-refractivity contribution >= 4 is 5.95 Å². The quantitative estimate of drug-likeness (QED) is 0.713. The monoisotopic (exact) mass is 411 g/mol. The number of nitrogens with zero attached hydrogens (tertiary/aromatic N) is 5. The number of hydrogen-bond donors (Lipinski definition) is 1. The summed E-state index contributed by atoms with van der Waals surface area (Å²) in [5, 5.41) is 10.4. The number of piperazine rings is 1. The van der Waals surface area contributed by atoms with Crippen molar-refractivity contribution in [2.45, 2.75) is 31.9 Å². The fraction of sp³-hybridized carbons (Fsp3) is 0.565. The molecule has 2 fully saturated rings. The molecule has 1 unspecified atom stereocenters. The molecule has 0 saturated carbocycles. The predicted molar refractivity (Wildman–Crippen MR) is 118 cm³/mol. The Kier molecular flexibility index (Phi) is 7.50. The van der Waals surface area contributed by atoms with Gasteiger partial charge in [-0.3, -0.25) is 4.90 Å². The van der Waals surface area contributed by atoms with Crippen molar-refractivity contribution < 1.29 is 9.84 Å². The number of β-amino-alcohol motifs (C(OH)–C–C–N with tert-alkyl or cyclic N) is 1. The number of aliphatic hydroxyl groups excluding tert-OH is 1. The molecule has 0 bridgehead atoms. The molecule has 2 aromatic rings. The van der Waals surface area contributed by atoms with Gasteiger partial charge in [-0.1, -0.05) is 24.6 Å². The van der Waals surface area contributed by atoms with Crippen LogP contribution in [0.1, 0.15) is 24.8 Å². The van der Waals surface area contributed by atoms with Crippen molar-refractivity contribution in [3.63, 3.8) is 0 Å². The molecule has 0 aliphatic carbocycles. The van der Waals surface area contributed by atoms with Crippen LogP contribution in [0, 0.1) is 0 Å². The number of rotatable bonds is 8. The van der Waals surface area contributed by atoms with Gasteiger partial charge in [-0.2, -0.15) is 0 Å². The summed E-state index contributed by atoms with van der Waals surface area (Å²) in [5.41, 5.74) is 1.17. The van der Waals surface area contributed by atoms with Crippen LogP contribution in [-0.2, 0) is 6.54 Å². The fourth-order valence-electron chi connectivity index (χ4n) is 4.26. The molecular weight excluding hydrogens is 378 g/mol. The molecule has 4 rings (SSSR count). The first-order valence-corrected chi connectivity index (χ1v) is 11.1. The number of anilines is 1. The van der Waals surface area contributed by atoms with E-state index in [0.29, 0.717) is 13.2 Å². The Morgan fingerprint density at radius 2 is 1.60 bits per heavy atom. The standard InChI is InChI=1S/C23H33N5O2/c29-21(18-26-11-4-1-5-12-26)19-30-22-8-3-2-7-20(22)17-27-13-15-28(16-14-27)23-24-9-6-10-25-23/h2-3,6-10,21,29H,1,4-5,11-19H2. The second-order valence-corrected chi connectivity index (χ2v) is 8.25. The van der Waals surface area contributed by atoms with Gasteiger partial charge in [0.05, 0.1) is 0 Å². The van der Waals surface area contributed by atoms with Crippen molar-refractivity contribution in [2.75, 3.05) is 57.3 Å². The zero-order chi connectivity index (χ0) is 20.6. The van der Waals surface area contributed by atoms with Crippen molar-refractivity contribution in [1.82, 2.24) is 19.8 Å². The lowest BCUT2D eigenvalue weighted by Gasteiger charge is -2.34. The van der Waals surface area contributed by atoms with E-state index in [2.05, 4.69) is 36.8 Å². The smallest absolute Gasteiger partial charge is 0.225 e. The second-order valence-electron chi connectivity index (χ2n) is 8.25. The van der Waals surface area contributed by atoms with E-state index in [1.807, 2.05) is 18.2 Å². The van der Waals surface area contributed by atoms with Crippen molar-refractivity contribution in [1.29, 1.82) is 0 Å². The van der Waals surface area contributed by atoms with Crippen LogP contribution in [0.5, 0.6) is 5.75 Å². The first kappa shape index (κ1) is 21.0. The normalized spacial score (nSPS) is 19.6. The van der Waals surface area contributed by atoms with Gasteiger partial charge in [-0.05, 0) is 38.1 Å². The van der Waals surface area contributed by atoms with Crippen LogP contribution in [-0.4, -0.2) is 83.4 Å². The van der Waals surface area contributed by atoms with Crippen LogP contribution in [0.4, 0.5) is 5.95 Å². The fourth-order valence-corrected chi connectivity index (χ4v) is 4.26. The molecule has 1 N–H and O–H groups in total. The molecule has 0 amide bonds. The van der Waals surface area contributed by atoms with E-state index in [-0.39, 0.29) is 0 Å². The van der Waals surface area contributed by atoms with Crippen LogP contribution in [0.3, 0.4) is 0 Å². The summed E-state index contributed by atoms with van der Waals surface area (Å²) >= 11 is 0. The Balaban J connectivity index is 1.26. The highest BCUT2D eigenvalue weighted by atomic mass is 16.5. The summed E-state index contributed by atoms with van der Waals surface area (Å²) in [6, 6.07) is 10.0. The van der Waals surface area contributed by atoms with E-state index in [1.165, 1.54) is 24.8 Å². The molecule has 0 radical (unpaired) electrons. The van der Waals surface area contributed by atoms with Crippen LogP contribution in [0.2, 0.25) is 0 Å². The predicted octanol–water partition coefficient (Wildman–Crippen LogP) is 2.02. The average molecular weight is 412 g/mol. The van der Waals surface area contributed by atoms with Gasteiger partial charge in [-0.15, -0.1) is 0 Å². The van der Waals surface area contributed by atoms with Gasteiger partial charge >= 0.3 is 0 Å². The van der Waals surface area contributed by atoms with Crippen LogP contribution < -0.4 is 9.64 Å². The first-order chi connectivity index (χ1) is 14.8. The van der Waals surface area contributed by atoms with E-state index in [9.17, 15) is 5.11 Å². The Bertz CT molecular complexity index is 761. The van der Waals surface area contributed by atoms with Crippen molar-refractivity contribution in [3.05, 3.63) is 48.3 Å². The summed E-state index contributed by atoms with van der Waals surface area (Å²) in [7, 11) is 0. The lowest BCUT2D eigenvalue weighted by molar-refractivity contribution is 0.0611. The van der Waals surface area contributed by atoms with Crippen molar-refractivity contribution in [2.24, 2.45) is 0 Å². The number of hydrogen-bond acceptors (Lipinski definition) is 7. The number of likely N-dealkylation sites (tertiary alicyclic amines) is 1. The summed E-state index contributed by atoms with van der Waals surface area (Å²) in [6.45, 7) is 7.83. The molecule has 1 atom stereocenters. The van der Waals surface area contributed by atoms with Gasteiger partial charge in [0.2, 0.25) is 5.95 Å². The van der Waals surface area contributed by atoms with Crippen LogP contribution in [0.25, 0.3) is 0 Å². The molecule has 3 heterocycles. The lowest BCUT2D eigenvalue weighted by Crippen LogP contribution is -2.46. The van der Waals surface area contributed by atoms with Gasteiger partial charge in [0.1, 0.15) is 18.5 Å². The molecule has 30 heavy (non-hydrogen) atoms. The summed E-state index contributed by atoms with van der Waals surface area (Å²) < 4.78 is 6.04. The lowest BCUT2D eigenvalue weighted by atomic mass is 10.1. The molecule has 1 aromatic carbocycles. The second kappa shape index (κ2) is 10.7. The summed E-state index contributed by atoms with van der Waals surface area (Å²) in [4.78, 5) is 15.7. The van der Waals surface area contributed by atoms with E-state index in [1.54, 1.807) is 12.4 Å². The summed E-state index contributed by atoms with van der Waals surface area (Å²) in [6.07, 6.45) is 6.92. The molecule has 2 aliphatic heterocycles. The number of benzene rings is 1. The van der Waals surface area contributed by atoms with E-state index in [0.717, 1.165) is 57.5 Å². The third kappa shape index (κ3) is 5.90. The average Bonchev–Trinajstić information content (AvgIpc) is 2.80. The number of aliphatic hydroxyl groups is 1. The van der Waals surface area contributed by atoms with Gasteiger partial charge in [0.25, 0.3) is 0 Å².